The van der Waals surface area contributed by atoms with Crippen LogP contribution >= 0.6 is 0 Å². The van der Waals surface area contributed by atoms with Crippen LogP contribution in [-0.2, 0) is 6.42 Å². The van der Waals surface area contributed by atoms with Crippen LogP contribution in [0.5, 0.6) is 5.75 Å². The topological polar surface area (TPSA) is 22.1 Å². The maximum Gasteiger partial charge on any atom is 0.119 e. The molecule has 0 atom stereocenters. The molecule has 0 amide bonds. The molecule has 31 heavy (non-hydrogen) atoms. The highest BCUT2D eigenvalue weighted by atomic mass is 16.5. The van der Waals surface area contributed by atoms with Crippen molar-refractivity contribution in [2.45, 2.75) is 110 Å². The van der Waals surface area contributed by atoms with E-state index >= 15 is 0 Å². The fourth-order valence-corrected chi connectivity index (χ4v) is 4.00. The second kappa shape index (κ2) is 16.8. The molecule has 0 unspecified atom stereocenters. The maximum atomic E-state index is 5.91. The Bertz CT molecular complexity index is 662. The summed E-state index contributed by atoms with van der Waals surface area (Å²) in [4.78, 5) is 4.69. The van der Waals surface area contributed by atoms with Crippen LogP contribution in [-0.4, -0.2) is 11.6 Å². The molecule has 1 heterocycles. The van der Waals surface area contributed by atoms with E-state index < -0.39 is 0 Å². The number of rotatable bonds is 18. The second-order valence-corrected chi connectivity index (χ2v) is 8.92. The number of hydrogen-bond donors (Lipinski definition) is 0. The van der Waals surface area contributed by atoms with Gasteiger partial charge in [0.05, 0.1) is 12.3 Å². The third-order valence-corrected chi connectivity index (χ3v) is 6.06. The van der Waals surface area contributed by atoms with Crippen molar-refractivity contribution in [1.29, 1.82) is 0 Å². The number of nitrogens with zero attached hydrogens (tertiary/aromatic N) is 1. The molecule has 1 aromatic heterocycles. The van der Waals surface area contributed by atoms with Crippen LogP contribution < -0.4 is 4.74 Å². The molecule has 2 aromatic rings. The lowest BCUT2D eigenvalue weighted by atomic mass is 10.0. The number of hydrogen-bond acceptors (Lipinski definition) is 2. The number of aromatic nitrogens is 1. The van der Waals surface area contributed by atoms with Gasteiger partial charge in [-0.2, -0.15) is 0 Å². The maximum absolute atomic E-state index is 5.91. The molecule has 0 aliphatic carbocycles. The van der Waals surface area contributed by atoms with Crippen LogP contribution in [0.25, 0.3) is 11.3 Å². The monoisotopic (exact) mass is 423 g/mol. The first-order valence-corrected chi connectivity index (χ1v) is 13.0. The number of unbranched alkanes of at least 4 members (excludes halogenated alkanes) is 12. The molecule has 0 spiro atoms. The van der Waals surface area contributed by atoms with Crippen molar-refractivity contribution < 1.29 is 4.74 Å². The number of ether oxygens (including phenoxy) is 1. The van der Waals surface area contributed by atoms with Crippen molar-refractivity contribution in [1.82, 2.24) is 4.98 Å². The molecule has 1 aromatic carbocycles. The fourth-order valence-electron chi connectivity index (χ4n) is 4.00. The lowest BCUT2D eigenvalue weighted by molar-refractivity contribution is 0.304. The van der Waals surface area contributed by atoms with Crippen molar-refractivity contribution in [2.24, 2.45) is 0 Å². The van der Waals surface area contributed by atoms with Crippen molar-refractivity contribution in [3.63, 3.8) is 0 Å². The summed E-state index contributed by atoms with van der Waals surface area (Å²) in [6.07, 6.45) is 21.9. The Kier molecular flexibility index (Phi) is 13.8. The Morgan fingerprint density at radius 2 is 1.19 bits per heavy atom. The Hall–Kier alpha value is -1.83. The van der Waals surface area contributed by atoms with Crippen LogP contribution in [0.2, 0.25) is 0 Å². The molecule has 0 saturated heterocycles. The van der Waals surface area contributed by atoms with Gasteiger partial charge >= 0.3 is 0 Å². The van der Waals surface area contributed by atoms with Crippen LogP contribution in [0.1, 0.15) is 109 Å². The highest BCUT2D eigenvalue weighted by molar-refractivity contribution is 5.60. The van der Waals surface area contributed by atoms with Gasteiger partial charge < -0.3 is 4.74 Å². The van der Waals surface area contributed by atoms with Crippen LogP contribution in [0, 0.1) is 0 Å². The van der Waals surface area contributed by atoms with Gasteiger partial charge in [-0.1, -0.05) is 97.0 Å². The minimum Gasteiger partial charge on any atom is -0.494 e. The normalized spacial score (nSPS) is 11.0. The fraction of sp³-hybridized carbons (Fsp3) is 0.621. The average molecular weight is 424 g/mol. The third-order valence-electron chi connectivity index (χ3n) is 6.06. The molecule has 172 valence electrons. The van der Waals surface area contributed by atoms with Crippen LogP contribution in [0.3, 0.4) is 0 Å². The van der Waals surface area contributed by atoms with Gasteiger partial charge in [0.15, 0.2) is 0 Å². The van der Waals surface area contributed by atoms with E-state index in [0.717, 1.165) is 36.5 Å². The third kappa shape index (κ3) is 11.4. The summed E-state index contributed by atoms with van der Waals surface area (Å²) in [6, 6.07) is 12.8. The number of aryl methyl sites for hydroxylation is 1. The van der Waals surface area contributed by atoms with E-state index in [2.05, 4.69) is 56.4 Å². The van der Waals surface area contributed by atoms with Gasteiger partial charge in [0.25, 0.3) is 0 Å². The van der Waals surface area contributed by atoms with Gasteiger partial charge in [-0.3, -0.25) is 4.98 Å². The van der Waals surface area contributed by atoms with Crippen molar-refractivity contribution in [3.8, 4) is 17.0 Å². The molecule has 0 radical (unpaired) electrons. The summed E-state index contributed by atoms with van der Waals surface area (Å²) in [6.45, 7) is 5.36. The van der Waals surface area contributed by atoms with E-state index in [4.69, 9.17) is 9.72 Å². The molecule has 0 aliphatic heterocycles. The molecule has 0 N–H and O–H groups in total. The summed E-state index contributed by atoms with van der Waals surface area (Å²) in [7, 11) is 0. The van der Waals surface area contributed by atoms with E-state index in [-0.39, 0.29) is 0 Å². The Morgan fingerprint density at radius 3 is 1.77 bits per heavy atom. The molecule has 2 nitrogen and oxygen atoms in total. The number of pyridine rings is 1. The van der Waals surface area contributed by atoms with Gasteiger partial charge in [0.1, 0.15) is 5.75 Å². The van der Waals surface area contributed by atoms with Gasteiger partial charge in [-0.25, -0.2) is 0 Å². The zero-order chi connectivity index (χ0) is 22.0. The van der Waals surface area contributed by atoms with E-state index in [1.165, 1.54) is 89.0 Å². The van der Waals surface area contributed by atoms with Gasteiger partial charge in [0.2, 0.25) is 0 Å². The van der Waals surface area contributed by atoms with Crippen LogP contribution in [0.15, 0.2) is 42.6 Å². The molecule has 0 fully saturated rings. The Morgan fingerprint density at radius 1 is 0.613 bits per heavy atom. The smallest absolute Gasteiger partial charge is 0.119 e. The summed E-state index contributed by atoms with van der Waals surface area (Å²) < 4.78 is 5.91. The van der Waals surface area contributed by atoms with Gasteiger partial charge in [-0.05, 0) is 55.2 Å². The molecule has 2 rings (SSSR count). The highest BCUT2D eigenvalue weighted by Crippen LogP contribution is 2.22. The Labute approximate surface area is 191 Å². The standard InChI is InChI=1S/C29H45NO/c1-3-5-7-9-11-13-15-17-26-18-23-29(30-25-26)27-19-21-28(22-20-27)31-24-16-14-12-10-8-6-4-2/h18-23,25H,3-17,24H2,1-2H3. The average Bonchev–Trinajstić information content (AvgIpc) is 2.81. The van der Waals surface area contributed by atoms with E-state index in [1.54, 1.807) is 0 Å². The molecular weight excluding hydrogens is 378 g/mol. The minimum absolute atomic E-state index is 0.818. The zero-order valence-electron chi connectivity index (χ0n) is 20.2. The quantitative estimate of drug-likeness (QED) is 0.223. The molecule has 0 bridgehead atoms. The second-order valence-electron chi connectivity index (χ2n) is 8.92. The van der Waals surface area contributed by atoms with Crippen molar-refractivity contribution >= 4 is 0 Å². The van der Waals surface area contributed by atoms with Gasteiger partial charge in [0, 0.05) is 11.8 Å². The van der Waals surface area contributed by atoms with E-state index in [0.29, 0.717) is 0 Å². The first-order valence-electron chi connectivity index (χ1n) is 13.0. The lowest BCUT2D eigenvalue weighted by Gasteiger charge is -2.08. The van der Waals surface area contributed by atoms with Crippen LogP contribution in [0.4, 0.5) is 0 Å². The highest BCUT2D eigenvalue weighted by Gasteiger charge is 2.02. The van der Waals surface area contributed by atoms with Crippen molar-refractivity contribution in [2.75, 3.05) is 6.61 Å². The molecule has 0 saturated carbocycles. The van der Waals surface area contributed by atoms with E-state index in [9.17, 15) is 0 Å². The summed E-state index contributed by atoms with van der Waals surface area (Å²) >= 11 is 0. The summed E-state index contributed by atoms with van der Waals surface area (Å²) in [5.74, 6) is 0.963. The first-order chi connectivity index (χ1) is 15.3. The molecular formula is C29H45NO. The molecule has 0 aliphatic rings. The van der Waals surface area contributed by atoms with Gasteiger partial charge in [-0.15, -0.1) is 0 Å². The Balaban J connectivity index is 1.63. The summed E-state index contributed by atoms with van der Waals surface area (Å²) in [5.41, 5.74) is 3.56. The van der Waals surface area contributed by atoms with E-state index in [1.807, 2.05) is 0 Å². The number of benzene rings is 1. The first kappa shape index (κ1) is 25.4. The largest absolute Gasteiger partial charge is 0.494 e. The predicted molar refractivity (Wildman–Crippen MR) is 135 cm³/mol. The molecule has 2 heteroatoms. The minimum atomic E-state index is 0.818. The van der Waals surface area contributed by atoms with Crippen molar-refractivity contribution in [3.05, 3.63) is 48.2 Å². The summed E-state index contributed by atoms with van der Waals surface area (Å²) in [5, 5.41) is 0. The SMILES string of the molecule is CCCCCCCCCOc1ccc(-c2ccc(CCCCCCCCC)cn2)cc1. The zero-order valence-corrected chi connectivity index (χ0v) is 20.2. The predicted octanol–water partition coefficient (Wildman–Crippen LogP) is 9.17. The lowest BCUT2D eigenvalue weighted by Crippen LogP contribution is -1.97.